The fourth-order valence-electron chi connectivity index (χ4n) is 1.01. The zero-order valence-electron chi connectivity index (χ0n) is 7.15. The molecule has 0 fully saturated rings. The van der Waals surface area contributed by atoms with Crippen LogP contribution in [-0.4, -0.2) is 27.2 Å². The van der Waals surface area contributed by atoms with Crippen LogP contribution in [0.25, 0.3) is 11.5 Å². The molecule has 0 radical (unpaired) electrons. The van der Waals surface area contributed by atoms with Crippen LogP contribution in [0.1, 0.15) is 0 Å². The molecule has 0 aliphatic heterocycles. The average Bonchev–Trinajstić information content (AvgIpc) is 2.71. The molecule has 0 amide bonds. The van der Waals surface area contributed by atoms with Crippen molar-refractivity contribution in [1.29, 1.82) is 0 Å². The van der Waals surface area contributed by atoms with Crippen LogP contribution in [0.5, 0.6) is 0 Å². The van der Waals surface area contributed by atoms with Crippen molar-refractivity contribution >= 4 is 5.82 Å². The van der Waals surface area contributed by atoms with Crippen LogP contribution in [0, 0.1) is 0 Å². The zero-order chi connectivity index (χ0) is 9.10. The Morgan fingerprint density at radius 3 is 3.08 bits per heavy atom. The molecule has 0 unspecified atom stereocenters. The summed E-state index contributed by atoms with van der Waals surface area (Å²) in [6.07, 6.45) is 3.40. The van der Waals surface area contributed by atoms with E-state index in [9.17, 15) is 0 Å². The van der Waals surface area contributed by atoms with E-state index in [0.29, 0.717) is 11.6 Å². The number of H-pyrrole nitrogens is 1. The highest BCUT2D eigenvalue weighted by atomic mass is 15.2. The SMILES string of the molecule is CNc1cnnc(-c2ccc[nH]2)n1. The molecule has 0 saturated heterocycles. The van der Waals surface area contributed by atoms with E-state index in [1.54, 1.807) is 13.2 Å². The van der Waals surface area contributed by atoms with Gasteiger partial charge in [-0.3, -0.25) is 0 Å². The van der Waals surface area contributed by atoms with Crippen molar-refractivity contribution in [1.82, 2.24) is 20.2 Å². The Kier molecular flexibility index (Phi) is 1.91. The number of anilines is 1. The third kappa shape index (κ3) is 1.48. The molecule has 0 atom stereocenters. The minimum absolute atomic E-state index is 0.594. The number of nitrogens with one attached hydrogen (secondary N) is 2. The zero-order valence-corrected chi connectivity index (χ0v) is 7.15. The molecule has 66 valence electrons. The Labute approximate surface area is 75.2 Å². The topological polar surface area (TPSA) is 66.5 Å². The van der Waals surface area contributed by atoms with E-state index < -0.39 is 0 Å². The third-order valence-corrected chi connectivity index (χ3v) is 1.65. The molecule has 0 saturated carbocycles. The molecule has 2 rings (SSSR count). The number of nitrogens with zero attached hydrogens (tertiary/aromatic N) is 3. The molecule has 2 heterocycles. The largest absolute Gasteiger partial charge is 0.372 e. The van der Waals surface area contributed by atoms with Crippen LogP contribution < -0.4 is 5.32 Å². The molecular formula is C8H9N5. The molecular weight excluding hydrogens is 166 g/mol. The maximum atomic E-state index is 4.22. The lowest BCUT2D eigenvalue weighted by atomic mass is 10.4. The van der Waals surface area contributed by atoms with Crippen LogP contribution in [0.4, 0.5) is 5.82 Å². The normalized spacial score (nSPS) is 9.92. The second-order valence-corrected chi connectivity index (χ2v) is 2.50. The summed E-state index contributed by atoms with van der Waals surface area (Å²) in [7, 11) is 1.79. The molecule has 2 aromatic heterocycles. The van der Waals surface area contributed by atoms with Gasteiger partial charge < -0.3 is 10.3 Å². The first kappa shape index (κ1) is 7.72. The highest BCUT2D eigenvalue weighted by molar-refractivity contribution is 5.50. The lowest BCUT2D eigenvalue weighted by molar-refractivity contribution is 0.974. The van der Waals surface area contributed by atoms with E-state index in [1.807, 2.05) is 18.3 Å². The fraction of sp³-hybridized carbons (Fsp3) is 0.125. The molecule has 5 nitrogen and oxygen atoms in total. The number of hydrogen-bond donors (Lipinski definition) is 2. The van der Waals surface area contributed by atoms with Crippen molar-refractivity contribution in [3.8, 4) is 11.5 Å². The minimum Gasteiger partial charge on any atom is -0.372 e. The van der Waals surface area contributed by atoms with Gasteiger partial charge in [-0.15, -0.1) is 5.10 Å². The van der Waals surface area contributed by atoms with E-state index in [-0.39, 0.29) is 0 Å². The Morgan fingerprint density at radius 1 is 1.46 bits per heavy atom. The summed E-state index contributed by atoms with van der Waals surface area (Å²) in [6, 6.07) is 3.79. The molecule has 2 N–H and O–H groups in total. The predicted molar refractivity (Wildman–Crippen MR) is 49.2 cm³/mol. The fourth-order valence-corrected chi connectivity index (χ4v) is 1.01. The average molecular weight is 175 g/mol. The summed E-state index contributed by atoms with van der Waals surface area (Å²) in [5, 5.41) is 10.6. The smallest absolute Gasteiger partial charge is 0.200 e. The Bertz CT molecular complexity index is 381. The van der Waals surface area contributed by atoms with Gasteiger partial charge in [-0.25, -0.2) is 4.98 Å². The van der Waals surface area contributed by atoms with Gasteiger partial charge >= 0.3 is 0 Å². The first-order valence-corrected chi connectivity index (χ1v) is 3.91. The lowest BCUT2D eigenvalue weighted by Crippen LogP contribution is -1.98. The van der Waals surface area contributed by atoms with Crippen molar-refractivity contribution in [2.45, 2.75) is 0 Å². The van der Waals surface area contributed by atoms with E-state index in [0.717, 1.165) is 5.69 Å². The monoisotopic (exact) mass is 175 g/mol. The van der Waals surface area contributed by atoms with E-state index in [2.05, 4.69) is 25.5 Å². The Hall–Kier alpha value is -1.91. The summed E-state index contributed by atoms with van der Waals surface area (Å²) in [5.41, 5.74) is 0.865. The first-order valence-electron chi connectivity index (χ1n) is 3.91. The molecule has 0 aromatic carbocycles. The van der Waals surface area contributed by atoms with E-state index in [4.69, 9.17) is 0 Å². The van der Waals surface area contributed by atoms with Gasteiger partial charge in [0, 0.05) is 13.2 Å². The van der Waals surface area contributed by atoms with E-state index in [1.165, 1.54) is 0 Å². The van der Waals surface area contributed by atoms with Crippen molar-refractivity contribution in [3.63, 3.8) is 0 Å². The maximum absolute atomic E-state index is 4.22. The number of hydrogen-bond acceptors (Lipinski definition) is 4. The second-order valence-electron chi connectivity index (χ2n) is 2.50. The summed E-state index contributed by atoms with van der Waals surface area (Å²) >= 11 is 0. The maximum Gasteiger partial charge on any atom is 0.200 e. The predicted octanol–water partition coefficient (Wildman–Crippen LogP) is 0.908. The van der Waals surface area contributed by atoms with Crippen molar-refractivity contribution in [3.05, 3.63) is 24.5 Å². The molecule has 13 heavy (non-hydrogen) atoms. The summed E-state index contributed by atoms with van der Waals surface area (Å²) in [4.78, 5) is 7.23. The van der Waals surface area contributed by atoms with Gasteiger partial charge in [0.2, 0.25) is 0 Å². The van der Waals surface area contributed by atoms with Crippen LogP contribution >= 0.6 is 0 Å². The second kappa shape index (κ2) is 3.22. The van der Waals surface area contributed by atoms with E-state index >= 15 is 0 Å². The third-order valence-electron chi connectivity index (χ3n) is 1.65. The van der Waals surface area contributed by atoms with Crippen molar-refractivity contribution in [2.24, 2.45) is 0 Å². The van der Waals surface area contributed by atoms with Crippen molar-refractivity contribution < 1.29 is 0 Å². The van der Waals surface area contributed by atoms with Crippen LogP contribution in [0.3, 0.4) is 0 Å². The Morgan fingerprint density at radius 2 is 2.38 bits per heavy atom. The molecule has 5 heteroatoms. The van der Waals surface area contributed by atoms with Gasteiger partial charge in [0.05, 0.1) is 11.9 Å². The van der Waals surface area contributed by atoms with Gasteiger partial charge in [0.15, 0.2) is 5.82 Å². The highest BCUT2D eigenvalue weighted by Gasteiger charge is 2.02. The number of aromatic amines is 1. The molecule has 2 aromatic rings. The van der Waals surface area contributed by atoms with Gasteiger partial charge in [0.1, 0.15) is 5.82 Å². The molecule has 0 bridgehead atoms. The first-order chi connectivity index (χ1) is 6.40. The highest BCUT2D eigenvalue weighted by Crippen LogP contribution is 2.11. The van der Waals surface area contributed by atoms with Crippen molar-refractivity contribution in [2.75, 3.05) is 12.4 Å². The van der Waals surface area contributed by atoms with Gasteiger partial charge in [-0.1, -0.05) is 0 Å². The molecule has 0 aliphatic carbocycles. The van der Waals surface area contributed by atoms with Gasteiger partial charge in [0.25, 0.3) is 0 Å². The van der Waals surface area contributed by atoms with Gasteiger partial charge in [-0.05, 0) is 12.1 Å². The number of rotatable bonds is 2. The number of aromatic nitrogens is 4. The molecule has 0 aliphatic rings. The summed E-state index contributed by atoms with van der Waals surface area (Å²) in [5.74, 6) is 1.30. The Balaban J connectivity index is 2.41. The molecule has 0 spiro atoms. The van der Waals surface area contributed by atoms with Crippen LogP contribution in [-0.2, 0) is 0 Å². The van der Waals surface area contributed by atoms with Crippen LogP contribution in [0.15, 0.2) is 24.5 Å². The minimum atomic E-state index is 0.594. The van der Waals surface area contributed by atoms with Gasteiger partial charge in [-0.2, -0.15) is 5.10 Å². The van der Waals surface area contributed by atoms with Crippen LogP contribution in [0.2, 0.25) is 0 Å². The summed E-state index contributed by atoms with van der Waals surface area (Å²) < 4.78 is 0. The quantitative estimate of drug-likeness (QED) is 0.711. The summed E-state index contributed by atoms with van der Waals surface area (Å²) in [6.45, 7) is 0. The lowest BCUT2D eigenvalue weighted by Gasteiger charge is -1.98. The standard InChI is InChI=1S/C8H9N5/c1-9-7-5-11-13-8(12-7)6-3-2-4-10-6/h2-5,10H,1H3,(H,9,12,13).